The normalized spacial score (nSPS) is 23.1. The average molecular weight is 300 g/mol. The molecule has 6 nitrogen and oxygen atoms in total. The SMILES string of the molecule is OCC1(CO)COc2cccc3c2B(OC3CNCl)O1. The molecule has 2 aliphatic rings. The van der Waals surface area contributed by atoms with Crippen LogP contribution in [-0.4, -0.2) is 49.3 Å². The first-order chi connectivity index (χ1) is 9.73. The molecule has 20 heavy (non-hydrogen) atoms. The molecule has 3 N–H and O–H groups in total. The quantitative estimate of drug-likeness (QED) is 0.505. The van der Waals surface area contributed by atoms with E-state index < -0.39 is 12.7 Å². The van der Waals surface area contributed by atoms with E-state index in [9.17, 15) is 10.2 Å². The van der Waals surface area contributed by atoms with Gasteiger partial charge in [-0.05, 0) is 23.4 Å². The maximum atomic E-state index is 9.49. The number of ether oxygens (including phenoxy) is 1. The fraction of sp³-hybridized carbons (Fsp3) is 0.500. The highest BCUT2D eigenvalue weighted by molar-refractivity contribution is 6.64. The Labute approximate surface area is 121 Å². The molecular weight excluding hydrogens is 284 g/mol. The van der Waals surface area contributed by atoms with Gasteiger partial charge in [0.1, 0.15) is 18.0 Å². The molecular formula is C12H15BClNO5. The Bertz CT molecular complexity index is 499. The number of hydrogen-bond donors (Lipinski definition) is 3. The number of rotatable bonds is 4. The zero-order valence-electron chi connectivity index (χ0n) is 10.7. The largest absolute Gasteiger partial charge is 0.499 e. The van der Waals surface area contributed by atoms with Crippen LogP contribution in [0, 0.1) is 0 Å². The Morgan fingerprint density at radius 1 is 1.40 bits per heavy atom. The van der Waals surface area contributed by atoms with Crippen LogP contribution in [-0.2, 0) is 9.31 Å². The summed E-state index contributed by atoms with van der Waals surface area (Å²) in [5.41, 5.74) is 0.560. The Morgan fingerprint density at radius 2 is 2.20 bits per heavy atom. The summed E-state index contributed by atoms with van der Waals surface area (Å²) < 4.78 is 17.3. The highest BCUT2D eigenvalue weighted by Crippen LogP contribution is 2.32. The third kappa shape index (κ3) is 2.20. The van der Waals surface area contributed by atoms with Crippen molar-refractivity contribution in [3.63, 3.8) is 0 Å². The van der Waals surface area contributed by atoms with E-state index in [0.717, 1.165) is 11.0 Å². The Hall–Kier alpha value is -0.825. The summed E-state index contributed by atoms with van der Waals surface area (Å²) >= 11 is 5.56. The van der Waals surface area contributed by atoms with Gasteiger partial charge in [0.15, 0.2) is 0 Å². The summed E-state index contributed by atoms with van der Waals surface area (Å²) in [6.45, 7) is -0.228. The van der Waals surface area contributed by atoms with Crippen LogP contribution in [0.15, 0.2) is 18.2 Å². The van der Waals surface area contributed by atoms with Gasteiger partial charge in [-0.1, -0.05) is 12.1 Å². The molecule has 1 aromatic carbocycles. The van der Waals surface area contributed by atoms with Crippen molar-refractivity contribution < 1.29 is 24.3 Å². The summed E-state index contributed by atoms with van der Waals surface area (Å²) in [7, 11) is -0.682. The van der Waals surface area contributed by atoms with Crippen LogP contribution in [0.25, 0.3) is 0 Å². The van der Waals surface area contributed by atoms with Crippen LogP contribution in [0.4, 0.5) is 0 Å². The Balaban J connectivity index is 1.99. The first-order valence-corrected chi connectivity index (χ1v) is 6.75. The van der Waals surface area contributed by atoms with Gasteiger partial charge < -0.3 is 24.3 Å². The molecule has 0 fully saturated rings. The molecule has 0 amide bonds. The van der Waals surface area contributed by atoms with Crippen molar-refractivity contribution >= 4 is 24.4 Å². The highest BCUT2D eigenvalue weighted by atomic mass is 35.5. The number of aliphatic hydroxyl groups is 2. The summed E-state index contributed by atoms with van der Waals surface area (Å²) in [6, 6.07) is 5.61. The van der Waals surface area contributed by atoms with Crippen LogP contribution in [0.1, 0.15) is 11.7 Å². The molecule has 0 radical (unpaired) electrons. The number of aliphatic hydroxyl groups excluding tert-OH is 2. The van der Waals surface area contributed by atoms with Crippen molar-refractivity contribution in [1.29, 1.82) is 0 Å². The number of benzene rings is 1. The van der Waals surface area contributed by atoms with E-state index in [1.807, 2.05) is 18.2 Å². The minimum absolute atomic E-state index is 0.0642. The molecule has 8 heteroatoms. The van der Waals surface area contributed by atoms with E-state index >= 15 is 0 Å². The third-order valence-electron chi connectivity index (χ3n) is 3.66. The van der Waals surface area contributed by atoms with Crippen LogP contribution in [0.2, 0.25) is 0 Å². The Kier molecular flexibility index (Phi) is 3.90. The molecule has 1 atom stereocenters. The summed E-state index contributed by atoms with van der Waals surface area (Å²) in [5, 5.41) is 19.0. The van der Waals surface area contributed by atoms with Crippen molar-refractivity contribution in [3.05, 3.63) is 23.8 Å². The molecule has 0 bridgehead atoms. The van der Waals surface area contributed by atoms with E-state index in [4.69, 9.17) is 25.8 Å². The number of nitrogens with one attached hydrogen (secondary N) is 1. The fourth-order valence-corrected chi connectivity index (χ4v) is 2.65. The zero-order valence-corrected chi connectivity index (χ0v) is 11.5. The molecule has 0 spiro atoms. The van der Waals surface area contributed by atoms with Crippen molar-refractivity contribution in [3.8, 4) is 5.75 Å². The third-order valence-corrected chi connectivity index (χ3v) is 3.81. The van der Waals surface area contributed by atoms with E-state index in [1.165, 1.54) is 0 Å². The molecule has 2 heterocycles. The number of hydrogen-bond acceptors (Lipinski definition) is 6. The van der Waals surface area contributed by atoms with Gasteiger partial charge in [0.05, 0.1) is 19.3 Å². The predicted molar refractivity (Wildman–Crippen MR) is 73.0 cm³/mol. The second-order valence-corrected chi connectivity index (χ2v) is 5.23. The van der Waals surface area contributed by atoms with E-state index in [2.05, 4.69) is 4.84 Å². The second kappa shape index (κ2) is 5.52. The van der Waals surface area contributed by atoms with Crippen LogP contribution >= 0.6 is 11.8 Å². The predicted octanol–water partition coefficient (Wildman–Crippen LogP) is -0.671. The van der Waals surface area contributed by atoms with E-state index in [-0.39, 0.29) is 25.9 Å². The van der Waals surface area contributed by atoms with Gasteiger partial charge in [-0.15, -0.1) is 0 Å². The van der Waals surface area contributed by atoms with Gasteiger partial charge in [0.2, 0.25) is 0 Å². The maximum Gasteiger partial charge on any atom is 0.499 e. The monoisotopic (exact) mass is 299 g/mol. The van der Waals surface area contributed by atoms with E-state index in [0.29, 0.717) is 12.3 Å². The van der Waals surface area contributed by atoms with Gasteiger partial charge >= 0.3 is 7.12 Å². The first kappa shape index (κ1) is 14.1. The summed E-state index contributed by atoms with van der Waals surface area (Å²) in [5.74, 6) is 0.647. The van der Waals surface area contributed by atoms with Crippen LogP contribution in [0.5, 0.6) is 5.75 Å². The summed E-state index contributed by atoms with van der Waals surface area (Å²) in [4.78, 5) is 2.55. The molecule has 2 aliphatic heterocycles. The van der Waals surface area contributed by atoms with Crippen LogP contribution in [0.3, 0.4) is 0 Å². The highest BCUT2D eigenvalue weighted by Gasteiger charge is 2.48. The fourth-order valence-electron chi connectivity index (χ4n) is 2.51. The van der Waals surface area contributed by atoms with Gasteiger partial charge in [-0.3, -0.25) is 0 Å². The molecule has 0 saturated heterocycles. The van der Waals surface area contributed by atoms with Gasteiger partial charge in [-0.25, -0.2) is 4.84 Å². The average Bonchev–Trinajstić information content (AvgIpc) is 2.73. The summed E-state index contributed by atoms with van der Waals surface area (Å²) in [6.07, 6.45) is -0.260. The zero-order chi connectivity index (χ0) is 14.2. The molecule has 1 unspecified atom stereocenters. The lowest BCUT2D eigenvalue weighted by atomic mass is 9.77. The van der Waals surface area contributed by atoms with Crippen molar-refractivity contribution in [2.75, 3.05) is 26.4 Å². The first-order valence-electron chi connectivity index (χ1n) is 6.37. The van der Waals surface area contributed by atoms with Gasteiger partial charge in [0.25, 0.3) is 0 Å². The Morgan fingerprint density at radius 3 is 2.90 bits per heavy atom. The standard InChI is InChI=1S/C12H15BClNO5/c14-15-4-10-8-2-1-3-9-11(8)13(19-10)20-12(5-16,6-17)7-18-9/h1-3,10,15-17H,4-7H2. The lowest BCUT2D eigenvalue weighted by molar-refractivity contribution is -0.0724. The molecule has 1 aromatic rings. The van der Waals surface area contributed by atoms with Crippen molar-refractivity contribution in [2.45, 2.75) is 11.7 Å². The van der Waals surface area contributed by atoms with E-state index in [1.54, 1.807) is 0 Å². The lowest BCUT2D eigenvalue weighted by Gasteiger charge is -2.29. The molecule has 3 rings (SSSR count). The maximum absolute atomic E-state index is 9.49. The topological polar surface area (TPSA) is 80.2 Å². The number of halogens is 1. The van der Waals surface area contributed by atoms with Gasteiger partial charge in [0, 0.05) is 12.0 Å². The molecule has 0 saturated carbocycles. The second-order valence-electron chi connectivity index (χ2n) is 4.96. The minimum atomic E-state index is -1.18. The lowest BCUT2D eigenvalue weighted by Crippen LogP contribution is -2.50. The smallest absolute Gasteiger partial charge is 0.491 e. The molecule has 0 aliphatic carbocycles. The molecule has 0 aromatic heterocycles. The molecule has 108 valence electrons. The van der Waals surface area contributed by atoms with Crippen LogP contribution < -0.4 is 15.0 Å². The van der Waals surface area contributed by atoms with Crippen molar-refractivity contribution in [2.24, 2.45) is 0 Å². The minimum Gasteiger partial charge on any atom is -0.491 e. The van der Waals surface area contributed by atoms with Crippen molar-refractivity contribution in [1.82, 2.24) is 4.84 Å². The van der Waals surface area contributed by atoms with Gasteiger partial charge in [-0.2, -0.15) is 0 Å².